The van der Waals surface area contributed by atoms with Crippen molar-refractivity contribution >= 4 is 45.0 Å². The first-order valence-electron chi connectivity index (χ1n) is 8.67. The molecular weight excluding hydrogens is 448 g/mol. The zero-order valence-electron chi connectivity index (χ0n) is 15.9. The van der Waals surface area contributed by atoms with Crippen LogP contribution in [0.15, 0.2) is 40.9 Å². The van der Waals surface area contributed by atoms with E-state index in [9.17, 15) is 9.59 Å². The number of likely N-dealkylation sites (N-methyl/N-ethyl adjacent to an activating group) is 1. The highest BCUT2D eigenvalue weighted by molar-refractivity contribution is 9.10. The van der Waals surface area contributed by atoms with Gasteiger partial charge in [-0.2, -0.15) is 0 Å². The molecule has 6 nitrogen and oxygen atoms in total. The molecule has 0 aliphatic rings. The van der Waals surface area contributed by atoms with Crippen molar-refractivity contribution in [2.24, 2.45) is 0 Å². The molecule has 0 aromatic heterocycles. The summed E-state index contributed by atoms with van der Waals surface area (Å²) in [5.41, 5.74) is 0.950. The number of halogens is 2. The van der Waals surface area contributed by atoms with Gasteiger partial charge in [0.15, 0.2) is 11.5 Å². The Morgan fingerprint density at radius 1 is 1.25 bits per heavy atom. The van der Waals surface area contributed by atoms with Crippen LogP contribution in [0.1, 0.15) is 23.7 Å². The molecule has 0 radical (unpaired) electrons. The van der Waals surface area contributed by atoms with Crippen molar-refractivity contribution in [3.8, 4) is 11.5 Å². The summed E-state index contributed by atoms with van der Waals surface area (Å²) < 4.78 is 11.6. The molecule has 0 atom stereocenters. The van der Waals surface area contributed by atoms with Crippen LogP contribution in [0, 0.1) is 0 Å². The van der Waals surface area contributed by atoms with Gasteiger partial charge in [0.1, 0.15) is 0 Å². The average molecular weight is 470 g/mol. The van der Waals surface area contributed by atoms with Gasteiger partial charge < -0.3 is 19.7 Å². The molecule has 0 bridgehead atoms. The third kappa shape index (κ3) is 5.87. The third-order valence-corrected chi connectivity index (χ3v) is 4.59. The number of carbonyl (C=O) groups excluding carboxylic acids is 2. The minimum atomic E-state index is -0.327. The first-order valence-corrected chi connectivity index (χ1v) is 9.84. The Labute approximate surface area is 177 Å². The smallest absolute Gasteiger partial charge is 0.254 e. The zero-order valence-corrected chi connectivity index (χ0v) is 18.3. The minimum absolute atomic E-state index is 0.112. The number of nitrogens with one attached hydrogen (secondary N) is 1. The molecule has 2 amide bonds. The van der Waals surface area contributed by atoms with Crippen molar-refractivity contribution in [3.63, 3.8) is 0 Å². The molecular formula is C20H22BrClN2O4. The van der Waals surface area contributed by atoms with Crippen LogP contribution in [-0.4, -0.2) is 44.0 Å². The number of rotatable bonds is 8. The largest absolute Gasteiger partial charge is 0.493 e. The van der Waals surface area contributed by atoms with Gasteiger partial charge in [-0.3, -0.25) is 9.59 Å². The van der Waals surface area contributed by atoms with Crippen molar-refractivity contribution in [2.75, 3.05) is 32.6 Å². The maximum atomic E-state index is 12.7. The van der Waals surface area contributed by atoms with Crippen molar-refractivity contribution in [2.45, 2.75) is 13.3 Å². The highest BCUT2D eigenvalue weighted by Crippen LogP contribution is 2.37. The van der Waals surface area contributed by atoms with E-state index >= 15 is 0 Å². The van der Waals surface area contributed by atoms with Gasteiger partial charge in [-0.1, -0.05) is 24.6 Å². The number of amides is 2. The lowest BCUT2D eigenvalue weighted by molar-refractivity contribution is -0.116. The van der Waals surface area contributed by atoms with E-state index in [-0.39, 0.29) is 18.4 Å². The number of hydrogen-bond acceptors (Lipinski definition) is 4. The van der Waals surface area contributed by atoms with E-state index in [4.69, 9.17) is 21.1 Å². The molecule has 0 fully saturated rings. The molecule has 0 heterocycles. The van der Waals surface area contributed by atoms with E-state index in [0.29, 0.717) is 38.9 Å². The first kappa shape index (κ1) is 22.0. The van der Waals surface area contributed by atoms with E-state index in [2.05, 4.69) is 21.2 Å². The molecule has 0 aliphatic carbocycles. The van der Waals surface area contributed by atoms with E-state index in [1.807, 2.05) is 6.92 Å². The van der Waals surface area contributed by atoms with Gasteiger partial charge in [0.05, 0.1) is 24.7 Å². The normalized spacial score (nSPS) is 10.3. The highest BCUT2D eigenvalue weighted by Gasteiger charge is 2.20. The molecule has 2 rings (SSSR count). The molecule has 150 valence electrons. The lowest BCUT2D eigenvalue weighted by atomic mass is 10.1. The van der Waals surface area contributed by atoms with E-state index in [0.717, 1.165) is 6.42 Å². The predicted molar refractivity (Wildman–Crippen MR) is 114 cm³/mol. The Morgan fingerprint density at radius 3 is 2.64 bits per heavy atom. The molecule has 0 unspecified atom stereocenters. The third-order valence-electron chi connectivity index (χ3n) is 3.76. The Hall–Kier alpha value is -2.25. The predicted octanol–water partition coefficient (Wildman–Crippen LogP) is 4.61. The minimum Gasteiger partial charge on any atom is -0.493 e. The van der Waals surface area contributed by atoms with Crippen LogP contribution in [0.4, 0.5) is 5.69 Å². The van der Waals surface area contributed by atoms with Crippen LogP contribution in [0.25, 0.3) is 0 Å². The van der Waals surface area contributed by atoms with Crippen molar-refractivity contribution < 1.29 is 19.1 Å². The SMILES string of the molecule is CCCOc1c(Br)cc(C(=O)N(C)CC(=O)Nc2cccc(Cl)c2)cc1OC. The standard InChI is InChI=1S/C20H22BrClN2O4/c1-4-8-28-19-16(21)9-13(10-17(19)27-3)20(26)24(2)12-18(25)23-15-7-5-6-14(22)11-15/h5-7,9-11H,4,8,12H2,1-3H3,(H,23,25). The van der Waals surface area contributed by atoms with Gasteiger partial charge in [-0.05, 0) is 52.7 Å². The van der Waals surface area contributed by atoms with Gasteiger partial charge in [-0.15, -0.1) is 0 Å². The molecule has 1 N–H and O–H groups in total. The van der Waals surface area contributed by atoms with Crippen LogP contribution < -0.4 is 14.8 Å². The summed E-state index contributed by atoms with van der Waals surface area (Å²) in [6.07, 6.45) is 0.848. The highest BCUT2D eigenvalue weighted by atomic mass is 79.9. The number of carbonyl (C=O) groups is 2. The summed E-state index contributed by atoms with van der Waals surface area (Å²) in [7, 11) is 3.07. The molecule has 0 aliphatic heterocycles. The van der Waals surface area contributed by atoms with Gasteiger partial charge in [-0.25, -0.2) is 0 Å². The monoisotopic (exact) mass is 468 g/mol. The Morgan fingerprint density at radius 2 is 2.00 bits per heavy atom. The molecule has 2 aromatic rings. The maximum Gasteiger partial charge on any atom is 0.254 e. The van der Waals surface area contributed by atoms with Crippen LogP contribution in [0.2, 0.25) is 5.02 Å². The molecule has 28 heavy (non-hydrogen) atoms. The molecule has 0 saturated carbocycles. The summed E-state index contributed by atoms with van der Waals surface area (Å²) >= 11 is 9.33. The zero-order chi connectivity index (χ0) is 20.7. The summed E-state index contributed by atoms with van der Waals surface area (Å²) in [6.45, 7) is 2.42. The Balaban J connectivity index is 2.09. The lowest BCUT2D eigenvalue weighted by Gasteiger charge is -2.19. The first-order chi connectivity index (χ1) is 13.3. The fourth-order valence-corrected chi connectivity index (χ4v) is 3.21. The fourth-order valence-electron chi connectivity index (χ4n) is 2.46. The Bertz CT molecular complexity index is 860. The van der Waals surface area contributed by atoms with Gasteiger partial charge in [0, 0.05) is 23.3 Å². The lowest BCUT2D eigenvalue weighted by Crippen LogP contribution is -2.35. The summed E-state index contributed by atoms with van der Waals surface area (Å²) in [4.78, 5) is 26.3. The number of nitrogens with zero attached hydrogens (tertiary/aromatic N) is 1. The second kappa shape index (κ2) is 10.3. The van der Waals surface area contributed by atoms with Crippen molar-refractivity contribution in [3.05, 3.63) is 51.5 Å². The molecule has 2 aromatic carbocycles. The topological polar surface area (TPSA) is 67.9 Å². The fraction of sp³-hybridized carbons (Fsp3) is 0.300. The number of benzene rings is 2. The number of hydrogen-bond donors (Lipinski definition) is 1. The van der Waals surface area contributed by atoms with Crippen molar-refractivity contribution in [1.82, 2.24) is 4.90 Å². The van der Waals surface area contributed by atoms with Gasteiger partial charge in [0.2, 0.25) is 5.91 Å². The summed E-state index contributed by atoms with van der Waals surface area (Å²) in [6, 6.07) is 10.1. The molecule has 0 spiro atoms. The second-order valence-electron chi connectivity index (χ2n) is 6.06. The van der Waals surface area contributed by atoms with Gasteiger partial charge in [0.25, 0.3) is 5.91 Å². The molecule has 0 saturated heterocycles. The van der Waals surface area contributed by atoms with E-state index in [1.54, 1.807) is 43.4 Å². The van der Waals surface area contributed by atoms with Crippen LogP contribution in [0.5, 0.6) is 11.5 Å². The van der Waals surface area contributed by atoms with Gasteiger partial charge >= 0.3 is 0 Å². The summed E-state index contributed by atoms with van der Waals surface area (Å²) in [5, 5.41) is 3.23. The van der Waals surface area contributed by atoms with E-state index in [1.165, 1.54) is 12.0 Å². The quantitative estimate of drug-likeness (QED) is 0.613. The Kier molecular flexibility index (Phi) is 8.14. The number of ether oxygens (including phenoxy) is 2. The van der Waals surface area contributed by atoms with E-state index < -0.39 is 0 Å². The van der Waals surface area contributed by atoms with Crippen molar-refractivity contribution in [1.29, 1.82) is 0 Å². The van der Waals surface area contributed by atoms with Crippen LogP contribution >= 0.6 is 27.5 Å². The van der Waals surface area contributed by atoms with Crippen LogP contribution in [0.3, 0.4) is 0 Å². The van der Waals surface area contributed by atoms with Crippen LogP contribution in [-0.2, 0) is 4.79 Å². The average Bonchev–Trinajstić information content (AvgIpc) is 2.65. The second-order valence-corrected chi connectivity index (χ2v) is 7.35. The number of anilines is 1. The summed E-state index contributed by atoms with van der Waals surface area (Å²) in [5.74, 6) is 0.347. The molecule has 8 heteroatoms. The number of methoxy groups -OCH3 is 1. The maximum absolute atomic E-state index is 12.7.